The maximum absolute atomic E-state index is 6.36. The van der Waals surface area contributed by atoms with Crippen molar-refractivity contribution in [3.05, 3.63) is 121 Å². The fourth-order valence-electron chi connectivity index (χ4n) is 6.64. The van der Waals surface area contributed by atoms with Crippen molar-refractivity contribution in [2.45, 2.75) is 12.5 Å². The van der Waals surface area contributed by atoms with E-state index in [0.29, 0.717) is 0 Å². The van der Waals surface area contributed by atoms with Gasteiger partial charge in [0.15, 0.2) is 12.4 Å². The van der Waals surface area contributed by atoms with E-state index < -0.39 is 0 Å². The van der Waals surface area contributed by atoms with E-state index in [0.717, 1.165) is 34.5 Å². The number of nitrogens with zero attached hydrogens (tertiary/aromatic N) is 2. The fraction of sp³-hybridized carbons (Fsp3) is 0.0588. The van der Waals surface area contributed by atoms with Gasteiger partial charge >= 0.3 is 0 Å². The Bertz CT molecular complexity index is 2170. The molecule has 0 bridgehead atoms. The summed E-state index contributed by atoms with van der Waals surface area (Å²) in [7, 11) is 0. The summed E-state index contributed by atoms with van der Waals surface area (Å²) in [5, 5.41) is 3.64. The molecule has 8 aromatic rings. The summed E-state index contributed by atoms with van der Waals surface area (Å²) < 4.78 is 11.2. The van der Waals surface area contributed by atoms with Gasteiger partial charge in [0.1, 0.15) is 22.4 Å². The lowest BCUT2D eigenvalue weighted by Crippen LogP contribution is -2.13. The molecule has 5 aromatic heterocycles. The molecule has 9 rings (SSSR count). The third-order valence-electron chi connectivity index (χ3n) is 8.29. The highest BCUT2D eigenvalue weighted by molar-refractivity contribution is 6.06. The van der Waals surface area contributed by atoms with Crippen LogP contribution in [0, 0.1) is 0 Å². The lowest BCUT2D eigenvalue weighted by molar-refractivity contribution is -0.343. The number of fused-ring (bicyclic) bond motifs is 9. The molecular formula is C34H24N4O+2. The lowest BCUT2D eigenvalue weighted by Gasteiger charge is -2.20. The summed E-state index contributed by atoms with van der Waals surface area (Å²) in [5.41, 5.74) is 10.4. The van der Waals surface area contributed by atoms with Crippen LogP contribution in [-0.2, 0) is 6.42 Å². The number of hydrogen-bond donors (Lipinski definition) is 0. The Labute approximate surface area is 223 Å². The first-order valence-electron chi connectivity index (χ1n) is 13.4. The second kappa shape index (κ2) is 7.68. The van der Waals surface area contributed by atoms with E-state index in [1.807, 2.05) is 12.4 Å². The second-order valence-electron chi connectivity index (χ2n) is 10.4. The van der Waals surface area contributed by atoms with E-state index in [9.17, 15) is 0 Å². The molecule has 184 valence electrons. The summed E-state index contributed by atoms with van der Waals surface area (Å²) in [6, 6.07) is 32.5. The third-order valence-corrected chi connectivity index (χ3v) is 8.29. The van der Waals surface area contributed by atoms with Gasteiger partial charge in [-0.3, -0.25) is 0 Å². The zero-order chi connectivity index (χ0) is 25.5. The predicted octanol–water partition coefficient (Wildman–Crippen LogP) is 7.08. The molecule has 1 unspecified atom stereocenters. The van der Waals surface area contributed by atoms with Gasteiger partial charge in [0, 0.05) is 35.2 Å². The Morgan fingerprint density at radius 3 is 2.21 bits per heavy atom. The fourth-order valence-corrected chi connectivity index (χ4v) is 6.64. The predicted molar refractivity (Wildman–Crippen MR) is 155 cm³/mol. The number of benzene rings is 3. The van der Waals surface area contributed by atoms with Crippen molar-refractivity contribution in [2.75, 3.05) is 0 Å². The highest BCUT2D eigenvalue weighted by atomic mass is 16.3. The monoisotopic (exact) mass is 504 g/mol. The summed E-state index contributed by atoms with van der Waals surface area (Å²) in [5.74, 6) is 0.960. The van der Waals surface area contributed by atoms with E-state index in [2.05, 4.69) is 122 Å². The van der Waals surface area contributed by atoms with E-state index >= 15 is 0 Å². The van der Waals surface area contributed by atoms with Crippen molar-refractivity contribution in [1.82, 2.24) is 9.13 Å². The minimum absolute atomic E-state index is 0.183. The molecule has 0 radical (unpaired) electrons. The number of hydrogen-bond acceptors (Lipinski definition) is 1. The number of aromatic amines is 2. The highest BCUT2D eigenvalue weighted by Crippen LogP contribution is 2.39. The minimum atomic E-state index is 0.183. The second-order valence-corrected chi connectivity index (χ2v) is 10.4. The molecule has 0 aliphatic heterocycles. The van der Waals surface area contributed by atoms with Crippen molar-refractivity contribution in [2.24, 2.45) is 0 Å². The maximum Gasteiger partial charge on any atom is 0.237 e. The van der Waals surface area contributed by atoms with Gasteiger partial charge in [-0.2, -0.15) is 0 Å². The maximum atomic E-state index is 6.36. The lowest BCUT2D eigenvalue weighted by atomic mass is 9.96. The van der Waals surface area contributed by atoms with E-state index in [4.69, 9.17) is 4.42 Å². The summed E-state index contributed by atoms with van der Waals surface area (Å²) in [4.78, 5) is 6.94. The molecule has 3 aromatic carbocycles. The van der Waals surface area contributed by atoms with Gasteiger partial charge in [0.2, 0.25) is 11.0 Å². The number of para-hydroxylation sites is 2. The Morgan fingerprint density at radius 2 is 1.36 bits per heavy atom. The Morgan fingerprint density at radius 1 is 0.667 bits per heavy atom. The van der Waals surface area contributed by atoms with Crippen molar-refractivity contribution < 1.29 is 14.4 Å². The summed E-state index contributed by atoms with van der Waals surface area (Å²) >= 11 is 0. The average molecular weight is 505 g/mol. The molecular weight excluding hydrogens is 480 g/mol. The largest absolute Gasteiger partial charge is 0.456 e. The van der Waals surface area contributed by atoms with Crippen molar-refractivity contribution in [3.63, 3.8) is 0 Å². The SMILES string of the molecule is C1=CC(n2c3ccccc3c3[nH+]cccc32)Cc2c1oc1ccc(-n3c4ccccc4c4[nH+]cccc43)cc21. The molecule has 1 atom stereocenters. The van der Waals surface area contributed by atoms with Gasteiger partial charge in [-0.1, -0.05) is 30.3 Å². The minimum Gasteiger partial charge on any atom is -0.456 e. The zero-order valence-electron chi connectivity index (χ0n) is 21.1. The van der Waals surface area contributed by atoms with Crippen LogP contribution < -0.4 is 9.97 Å². The van der Waals surface area contributed by atoms with Crippen LogP contribution in [0.3, 0.4) is 0 Å². The molecule has 0 fully saturated rings. The van der Waals surface area contributed by atoms with Crippen LogP contribution in [0.5, 0.6) is 0 Å². The zero-order valence-corrected chi connectivity index (χ0v) is 21.1. The normalized spacial score (nSPS) is 15.2. The van der Waals surface area contributed by atoms with Crippen molar-refractivity contribution in [1.29, 1.82) is 0 Å². The third kappa shape index (κ3) is 2.84. The van der Waals surface area contributed by atoms with Gasteiger partial charge in [0.05, 0.1) is 27.8 Å². The van der Waals surface area contributed by atoms with Gasteiger partial charge < -0.3 is 13.6 Å². The Hall–Kier alpha value is -5.16. The van der Waals surface area contributed by atoms with Crippen LogP contribution in [0.4, 0.5) is 0 Å². The molecule has 0 spiro atoms. The first-order chi connectivity index (χ1) is 19.3. The van der Waals surface area contributed by atoms with Crippen LogP contribution in [0.2, 0.25) is 0 Å². The van der Waals surface area contributed by atoms with Gasteiger partial charge in [-0.15, -0.1) is 0 Å². The molecule has 5 nitrogen and oxygen atoms in total. The van der Waals surface area contributed by atoms with Crippen molar-refractivity contribution in [3.8, 4) is 5.69 Å². The number of aromatic nitrogens is 4. The molecule has 0 amide bonds. The number of allylic oxidation sites excluding steroid dienone is 1. The van der Waals surface area contributed by atoms with E-state index in [1.54, 1.807) is 0 Å². The van der Waals surface area contributed by atoms with E-state index in [1.165, 1.54) is 43.8 Å². The molecule has 1 aliphatic carbocycles. The van der Waals surface area contributed by atoms with Crippen molar-refractivity contribution >= 4 is 60.9 Å². The van der Waals surface area contributed by atoms with Gasteiger partial charge in [-0.05, 0) is 60.7 Å². The van der Waals surface area contributed by atoms with Crippen LogP contribution in [-0.4, -0.2) is 9.13 Å². The average Bonchev–Trinajstić information content (AvgIpc) is 3.64. The molecule has 0 saturated heterocycles. The first-order valence-corrected chi connectivity index (χ1v) is 13.4. The van der Waals surface area contributed by atoms with Gasteiger partial charge in [0.25, 0.3) is 0 Å². The van der Waals surface area contributed by atoms with Crippen LogP contribution in [0.15, 0.2) is 114 Å². The standard InChI is InChI=1S/C34H22N4O/c1-3-9-27-23(7-1)33-29(11-5-17-35-33)37(27)21-13-15-31-25(19-21)26-20-22(14-16-32(26)39-31)38-28-10-4-2-8-24(28)34-30(38)12-6-18-36-34/h1-19,22H,20H2/p+2. The Kier molecular flexibility index (Phi) is 4.11. The van der Waals surface area contributed by atoms with Crippen LogP contribution >= 0.6 is 0 Å². The van der Waals surface area contributed by atoms with Crippen LogP contribution in [0.25, 0.3) is 66.6 Å². The van der Waals surface area contributed by atoms with Crippen LogP contribution in [0.1, 0.15) is 17.4 Å². The Balaban J connectivity index is 1.24. The number of nitrogens with one attached hydrogen (secondary N) is 2. The number of pyridine rings is 2. The number of furan rings is 1. The quantitative estimate of drug-likeness (QED) is 0.248. The van der Waals surface area contributed by atoms with Gasteiger partial charge in [-0.25, -0.2) is 9.97 Å². The number of H-pyrrole nitrogens is 2. The topological polar surface area (TPSA) is 51.3 Å². The summed E-state index contributed by atoms with van der Waals surface area (Å²) in [6.07, 6.45) is 9.31. The molecule has 2 N–H and O–H groups in total. The first kappa shape index (κ1) is 20.8. The highest BCUT2D eigenvalue weighted by Gasteiger charge is 2.26. The summed E-state index contributed by atoms with van der Waals surface area (Å²) in [6.45, 7) is 0. The molecule has 5 heteroatoms. The van der Waals surface area contributed by atoms with E-state index in [-0.39, 0.29) is 6.04 Å². The molecule has 1 aliphatic rings. The molecule has 0 saturated carbocycles. The molecule has 5 heterocycles. The smallest absolute Gasteiger partial charge is 0.237 e. The number of rotatable bonds is 2. The molecule has 39 heavy (non-hydrogen) atoms.